The Hall–Kier alpha value is -5.44. The van der Waals surface area contributed by atoms with Crippen molar-refractivity contribution in [2.45, 2.75) is 52.5 Å². The van der Waals surface area contributed by atoms with E-state index in [1.165, 1.54) is 4.90 Å². The lowest BCUT2D eigenvalue weighted by Gasteiger charge is -2.21. The highest BCUT2D eigenvalue weighted by Gasteiger charge is 2.21. The maximum absolute atomic E-state index is 13.6. The highest BCUT2D eigenvalue weighted by Crippen LogP contribution is 2.21. The second-order valence-electron chi connectivity index (χ2n) is 12.1. The number of unbranched alkanes of at least 4 members (excludes halogenated alkanes) is 3. The molecule has 0 unspecified atom stereocenters. The molecule has 18 nitrogen and oxygen atoms in total. The van der Waals surface area contributed by atoms with Gasteiger partial charge in [0.05, 0.1) is 49.7 Å². The van der Waals surface area contributed by atoms with Crippen LogP contribution in [0.1, 0.15) is 67.7 Å². The average Bonchev–Trinajstić information content (AvgIpc) is 3.44. The molecule has 0 radical (unpaired) electrons. The Kier molecular flexibility index (Phi) is 19.0. The van der Waals surface area contributed by atoms with Crippen molar-refractivity contribution in [3.05, 3.63) is 83.8 Å². The van der Waals surface area contributed by atoms with Crippen LogP contribution in [0.4, 0.5) is 16.3 Å². The molecule has 0 aliphatic carbocycles. The van der Waals surface area contributed by atoms with Crippen LogP contribution in [0.5, 0.6) is 0 Å². The molecule has 5 N–H and O–H groups in total. The van der Waals surface area contributed by atoms with Gasteiger partial charge in [-0.1, -0.05) is 32.3 Å². The third kappa shape index (κ3) is 18.3. The second-order valence-corrected chi connectivity index (χ2v) is 15.0. The fourth-order valence-corrected chi connectivity index (χ4v) is 4.79. The summed E-state index contributed by atoms with van der Waals surface area (Å²) in [4.78, 5) is 52.0. The standard InChI is InChI=1S/C34H41N7O5.2CH4O3S/c1-4-6-7-10-21-46-34(44)39-32(35)24-12-15-26(16-13-24)37-23-30-38-27-22-25(14-17-28(27)40(30)3)33(43)41(20-18-31(42)45-5-2)29-11-8-9-19-36-29;2*1-5(2,3)4/h8-9,11-17,19,22,37H,4-7,10,18,20-21,23H2,1-3H3,(H2,35,39,44);2*1H3,(H,2,3,4). The highest BCUT2D eigenvalue weighted by molar-refractivity contribution is 7.85. The number of aromatic nitrogens is 3. The first-order valence-electron chi connectivity index (χ1n) is 17.3. The lowest BCUT2D eigenvalue weighted by atomic mass is 10.1. The summed E-state index contributed by atoms with van der Waals surface area (Å²) in [7, 11) is -5.42. The summed E-state index contributed by atoms with van der Waals surface area (Å²) in [6, 6.07) is 17.9. The van der Waals surface area contributed by atoms with E-state index in [1.54, 1.807) is 55.6 Å². The number of nitrogens with one attached hydrogen (secondary N) is 1. The number of fused-ring (bicyclic) bond motifs is 1. The van der Waals surface area contributed by atoms with Gasteiger partial charge in [-0.05, 0) is 67.9 Å². The molecule has 0 spiro atoms. The zero-order valence-electron chi connectivity index (χ0n) is 31.9. The molecular weight excluding hydrogens is 771 g/mol. The van der Waals surface area contributed by atoms with Crippen molar-refractivity contribution in [3.8, 4) is 0 Å². The van der Waals surface area contributed by atoms with Gasteiger partial charge in [0.1, 0.15) is 17.5 Å². The molecule has 2 amide bonds. The molecule has 0 atom stereocenters. The van der Waals surface area contributed by atoms with Gasteiger partial charge in [-0.25, -0.2) is 14.8 Å². The third-order valence-electron chi connectivity index (χ3n) is 7.30. The molecule has 2 heterocycles. The number of pyridine rings is 1. The van der Waals surface area contributed by atoms with Crippen LogP contribution in [-0.4, -0.2) is 96.6 Å². The van der Waals surface area contributed by atoms with E-state index >= 15 is 0 Å². The largest absolute Gasteiger partial charge is 0.466 e. The predicted octanol–water partition coefficient (Wildman–Crippen LogP) is 4.61. The first kappa shape index (κ1) is 46.7. The smallest absolute Gasteiger partial charge is 0.435 e. The molecular formula is C36H49N7O11S2. The minimum absolute atomic E-state index is 0.0455. The lowest BCUT2D eigenvalue weighted by molar-refractivity contribution is -0.142. The number of carbonyl (C=O) groups is 3. The van der Waals surface area contributed by atoms with Crippen molar-refractivity contribution in [3.63, 3.8) is 0 Å². The molecule has 306 valence electrons. The SMILES string of the molecule is CCCCCCOC(=O)/N=C(/N)c1ccc(NCc2nc3cc(C(=O)N(CCC(=O)OCC)c4ccccn4)ccc3n2C)cc1.CS(=O)(=O)O.CS(=O)(=O)O. The van der Waals surface area contributed by atoms with Gasteiger partial charge in [-0.15, -0.1) is 0 Å². The lowest BCUT2D eigenvalue weighted by Crippen LogP contribution is -2.34. The molecule has 0 saturated heterocycles. The Morgan fingerprint density at radius 2 is 1.55 bits per heavy atom. The number of hydrogen-bond acceptors (Lipinski definition) is 12. The molecule has 4 rings (SSSR count). The monoisotopic (exact) mass is 819 g/mol. The molecule has 56 heavy (non-hydrogen) atoms. The Labute approximate surface area is 326 Å². The number of aryl methyl sites for hydroxylation is 1. The summed E-state index contributed by atoms with van der Waals surface area (Å²) >= 11 is 0. The number of rotatable bonds is 15. The Morgan fingerprint density at radius 1 is 0.911 bits per heavy atom. The number of hydrogen-bond donors (Lipinski definition) is 4. The minimum Gasteiger partial charge on any atom is -0.466 e. The van der Waals surface area contributed by atoms with E-state index in [0.29, 0.717) is 48.1 Å². The topological polar surface area (TPSA) is 263 Å². The fourth-order valence-electron chi connectivity index (χ4n) is 4.79. The van der Waals surface area contributed by atoms with E-state index in [-0.39, 0.29) is 37.3 Å². The summed E-state index contributed by atoms with van der Waals surface area (Å²) < 4.78 is 63.9. The van der Waals surface area contributed by atoms with E-state index < -0.39 is 26.3 Å². The zero-order valence-corrected chi connectivity index (χ0v) is 33.5. The summed E-state index contributed by atoms with van der Waals surface area (Å²) in [5, 5.41) is 3.35. The number of imidazole rings is 1. The van der Waals surface area contributed by atoms with Crippen molar-refractivity contribution >= 4 is 66.6 Å². The molecule has 0 saturated carbocycles. The van der Waals surface area contributed by atoms with Crippen molar-refractivity contribution in [1.82, 2.24) is 14.5 Å². The third-order valence-corrected chi connectivity index (χ3v) is 7.30. The number of carbonyl (C=O) groups excluding carboxylic acids is 3. The maximum atomic E-state index is 13.6. The van der Waals surface area contributed by atoms with Crippen molar-refractivity contribution in [1.29, 1.82) is 0 Å². The summed E-state index contributed by atoms with van der Waals surface area (Å²) in [6.07, 6.45) is 6.42. The van der Waals surface area contributed by atoms with Crippen LogP contribution in [0.3, 0.4) is 0 Å². The predicted molar refractivity (Wildman–Crippen MR) is 213 cm³/mol. The number of amides is 2. The fraction of sp³-hybridized carbons (Fsp3) is 0.389. The van der Waals surface area contributed by atoms with E-state index in [4.69, 9.17) is 29.3 Å². The Morgan fingerprint density at radius 3 is 2.14 bits per heavy atom. The summed E-state index contributed by atoms with van der Waals surface area (Å²) in [5.41, 5.74) is 9.40. The average molecular weight is 820 g/mol. The van der Waals surface area contributed by atoms with Crippen LogP contribution >= 0.6 is 0 Å². The van der Waals surface area contributed by atoms with E-state index in [0.717, 1.165) is 42.7 Å². The number of nitrogens with two attached hydrogens (primary N) is 1. The number of nitrogens with zero attached hydrogens (tertiary/aromatic N) is 5. The minimum atomic E-state index is -3.67. The molecule has 0 fully saturated rings. The van der Waals surface area contributed by atoms with Crippen LogP contribution < -0.4 is 16.0 Å². The highest BCUT2D eigenvalue weighted by atomic mass is 32.2. The second kappa shape index (κ2) is 22.8. The van der Waals surface area contributed by atoms with Gasteiger partial charge in [-0.3, -0.25) is 23.6 Å². The molecule has 2 aromatic carbocycles. The van der Waals surface area contributed by atoms with Crippen LogP contribution in [0, 0.1) is 0 Å². The van der Waals surface area contributed by atoms with E-state index in [1.807, 2.05) is 29.8 Å². The summed E-state index contributed by atoms with van der Waals surface area (Å²) in [5.74, 6) is 0.620. The number of ether oxygens (including phenoxy) is 2. The van der Waals surface area contributed by atoms with Crippen LogP contribution in [-0.2, 0) is 48.1 Å². The molecule has 20 heteroatoms. The number of aliphatic imine (C=N–C) groups is 1. The summed E-state index contributed by atoms with van der Waals surface area (Å²) in [6.45, 7) is 5.02. The molecule has 0 aliphatic heterocycles. The molecule has 0 aliphatic rings. The number of anilines is 2. The normalized spacial score (nSPS) is 11.4. The number of amidine groups is 1. The Bertz CT molecular complexity index is 2100. The molecule has 0 bridgehead atoms. The van der Waals surface area contributed by atoms with Crippen molar-refractivity contribution < 1.29 is 49.8 Å². The van der Waals surface area contributed by atoms with E-state index in [2.05, 4.69) is 22.2 Å². The van der Waals surface area contributed by atoms with Gasteiger partial charge >= 0.3 is 12.1 Å². The molecule has 4 aromatic rings. The van der Waals surface area contributed by atoms with Gasteiger partial charge < -0.3 is 25.1 Å². The van der Waals surface area contributed by atoms with E-state index in [9.17, 15) is 31.2 Å². The quantitative estimate of drug-likeness (QED) is 0.0420. The number of esters is 1. The maximum Gasteiger partial charge on any atom is 0.435 e. The van der Waals surface area contributed by atoms with Gasteiger partial charge in [0.25, 0.3) is 26.1 Å². The number of benzene rings is 2. The van der Waals surface area contributed by atoms with Crippen LogP contribution in [0.15, 0.2) is 71.9 Å². The Balaban J connectivity index is 0.000000961. The first-order valence-corrected chi connectivity index (χ1v) is 21.0. The van der Waals surface area contributed by atoms with Crippen molar-refractivity contribution in [2.75, 3.05) is 42.5 Å². The molecule has 2 aromatic heterocycles. The van der Waals surface area contributed by atoms with Gasteiger partial charge in [0.15, 0.2) is 0 Å². The van der Waals surface area contributed by atoms with Gasteiger partial charge in [0.2, 0.25) is 0 Å². The first-order chi connectivity index (χ1) is 26.3. The van der Waals surface area contributed by atoms with Crippen LogP contribution in [0.25, 0.3) is 11.0 Å². The van der Waals surface area contributed by atoms with Crippen LogP contribution in [0.2, 0.25) is 0 Å². The van der Waals surface area contributed by atoms with Gasteiger partial charge in [-0.2, -0.15) is 21.8 Å². The van der Waals surface area contributed by atoms with Gasteiger partial charge in [0, 0.05) is 36.6 Å². The zero-order chi connectivity index (χ0) is 41.9. The van der Waals surface area contributed by atoms with Crippen molar-refractivity contribution in [2.24, 2.45) is 17.8 Å².